The molecule has 1 N–H and O–H groups in total. The lowest BCUT2D eigenvalue weighted by molar-refractivity contribution is 0.0708. The van der Waals surface area contributed by atoms with Crippen LogP contribution in [-0.4, -0.2) is 22.3 Å². The zero-order valence-electron chi connectivity index (χ0n) is 13.3. The van der Waals surface area contributed by atoms with Gasteiger partial charge in [0.2, 0.25) is 0 Å². The van der Waals surface area contributed by atoms with Gasteiger partial charge in [0.1, 0.15) is 11.2 Å². The summed E-state index contributed by atoms with van der Waals surface area (Å²) in [6, 6.07) is 17.5. The molecule has 1 aromatic heterocycles. The molecule has 1 atom stereocenters. The summed E-state index contributed by atoms with van der Waals surface area (Å²) in [7, 11) is 0. The van der Waals surface area contributed by atoms with Crippen molar-refractivity contribution in [3.63, 3.8) is 0 Å². The third kappa shape index (κ3) is 2.77. The average Bonchev–Trinajstić information content (AvgIpc) is 3.15. The Morgan fingerprint density at radius 1 is 1.16 bits per heavy atom. The largest absolute Gasteiger partial charge is 0.359 e. The molecule has 1 aliphatic heterocycles. The predicted molar refractivity (Wildman–Crippen MR) is 100 cm³/mol. The smallest absolute Gasteiger partial charge is 0.258 e. The molecule has 0 bridgehead atoms. The second-order valence-corrected chi connectivity index (χ2v) is 6.53. The van der Waals surface area contributed by atoms with Gasteiger partial charge in [0.25, 0.3) is 5.91 Å². The zero-order chi connectivity index (χ0) is 17.2. The van der Waals surface area contributed by atoms with Gasteiger partial charge in [0, 0.05) is 16.6 Å². The Balaban J connectivity index is 1.73. The maximum atomic E-state index is 12.8. The molecule has 0 spiro atoms. The molecule has 5 heteroatoms. The minimum absolute atomic E-state index is 0.0773. The molecule has 122 valence electrons. The summed E-state index contributed by atoms with van der Waals surface area (Å²) in [5, 5.41) is 6.29. The number of terminal acetylenes is 1. The molecule has 4 rings (SSSR count). The lowest BCUT2D eigenvalue weighted by Gasteiger charge is -2.35. The van der Waals surface area contributed by atoms with Crippen molar-refractivity contribution in [1.82, 2.24) is 9.88 Å². The molecule has 0 radical (unpaired) electrons. The fourth-order valence-electron chi connectivity index (χ4n) is 2.91. The van der Waals surface area contributed by atoms with Crippen LogP contribution in [0.5, 0.6) is 0 Å². The molecule has 25 heavy (non-hydrogen) atoms. The number of carbonyl (C=O) groups excluding carboxylic acids is 1. The molecule has 2 aromatic carbocycles. The molecule has 1 unspecified atom stereocenters. The number of para-hydroxylation sites is 1. The van der Waals surface area contributed by atoms with Gasteiger partial charge in [-0.1, -0.05) is 48.4 Å². The number of thiazole rings is 1. The molecule has 1 aliphatic rings. The number of amides is 1. The summed E-state index contributed by atoms with van der Waals surface area (Å²) in [6.45, 7) is 0.225. The molecule has 4 nitrogen and oxygen atoms in total. The lowest BCUT2D eigenvalue weighted by atomic mass is 10.1. The summed E-state index contributed by atoms with van der Waals surface area (Å²) in [4.78, 5) is 19.2. The van der Waals surface area contributed by atoms with Crippen LogP contribution in [-0.2, 0) is 0 Å². The van der Waals surface area contributed by atoms with E-state index in [9.17, 15) is 4.79 Å². The summed E-state index contributed by atoms with van der Waals surface area (Å²) in [6.07, 6.45) is 5.12. The monoisotopic (exact) mass is 345 g/mol. The van der Waals surface area contributed by atoms with Gasteiger partial charge < -0.3 is 10.2 Å². The number of fused-ring (bicyclic) bond motifs is 1. The van der Waals surface area contributed by atoms with Gasteiger partial charge in [-0.05, 0) is 12.1 Å². The zero-order valence-corrected chi connectivity index (χ0v) is 14.2. The Kier molecular flexibility index (Phi) is 3.96. The van der Waals surface area contributed by atoms with Gasteiger partial charge in [-0.15, -0.1) is 17.8 Å². The fourth-order valence-corrected chi connectivity index (χ4v) is 3.76. The van der Waals surface area contributed by atoms with E-state index < -0.39 is 0 Å². The van der Waals surface area contributed by atoms with Crippen molar-refractivity contribution in [2.75, 3.05) is 11.9 Å². The Morgan fingerprint density at radius 3 is 2.72 bits per heavy atom. The Labute approximate surface area is 150 Å². The van der Waals surface area contributed by atoms with Crippen molar-refractivity contribution < 1.29 is 4.79 Å². The Bertz CT molecular complexity index is 958. The number of rotatable bonds is 3. The SMILES string of the molecule is C#CCN1C(=O)c2ccccc2NC1c1csc(-c2ccccc2)n1. The molecule has 1 amide bonds. The number of benzene rings is 2. The molecule has 0 saturated carbocycles. The van der Waals surface area contributed by atoms with E-state index in [0.29, 0.717) is 5.56 Å². The van der Waals surface area contributed by atoms with Crippen LogP contribution in [0.1, 0.15) is 22.2 Å². The summed E-state index contributed by atoms with van der Waals surface area (Å²) in [5.41, 5.74) is 3.29. The first-order valence-electron chi connectivity index (χ1n) is 7.89. The molecule has 0 aliphatic carbocycles. The Hall–Kier alpha value is -3.10. The fraction of sp³-hybridized carbons (Fsp3) is 0.100. The highest BCUT2D eigenvalue weighted by Gasteiger charge is 2.33. The van der Waals surface area contributed by atoms with Crippen LogP contribution < -0.4 is 5.32 Å². The van der Waals surface area contributed by atoms with Gasteiger partial charge in [-0.2, -0.15) is 0 Å². The van der Waals surface area contributed by atoms with Crippen LogP contribution in [0.15, 0.2) is 60.0 Å². The quantitative estimate of drug-likeness (QED) is 0.730. The van der Waals surface area contributed by atoms with Crippen molar-refractivity contribution in [3.05, 3.63) is 71.2 Å². The second kappa shape index (κ2) is 6.42. The van der Waals surface area contributed by atoms with Crippen LogP contribution in [0.2, 0.25) is 0 Å². The van der Waals surface area contributed by atoms with Crippen molar-refractivity contribution >= 4 is 22.9 Å². The van der Waals surface area contributed by atoms with E-state index in [-0.39, 0.29) is 18.6 Å². The minimum Gasteiger partial charge on any atom is -0.359 e. The summed E-state index contributed by atoms with van der Waals surface area (Å²) < 4.78 is 0. The van der Waals surface area contributed by atoms with Gasteiger partial charge in [0.15, 0.2) is 0 Å². The Morgan fingerprint density at radius 2 is 1.92 bits per heavy atom. The van der Waals surface area contributed by atoms with Crippen LogP contribution in [0.3, 0.4) is 0 Å². The number of hydrogen-bond donors (Lipinski definition) is 1. The van der Waals surface area contributed by atoms with E-state index in [1.165, 1.54) is 0 Å². The van der Waals surface area contributed by atoms with Crippen molar-refractivity contribution in [2.45, 2.75) is 6.17 Å². The summed E-state index contributed by atoms with van der Waals surface area (Å²) in [5.74, 6) is 2.50. The highest BCUT2D eigenvalue weighted by Crippen LogP contribution is 2.34. The van der Waals surface area contributed by atoms with Crippen LogP contribution in [0.4, 0.5) is 5.69 Å². The number of anilines is 1. The normalized spacial score (nSPS) is 16.0. The van der Waals surface area contributed by atoms with Crippen molar-refractivity contribution in [1.29, 1.82) is 0 Å². The predicted octanol–water partition coefficient (Wildman–Crippen LogP) is 4.01. The van der Waals surface area contributed by atoms with E-state index in [2.05, 4.69) is 11.2 Å². The number of aromatic nitrogens is 1. The average molecular weight is 345 g/mol. The minimum atomic E-state index is -0.368. The van der Waals surface area contributed by atoms with Gasteiger partial charge in [0.05, 0.1) is 17.8 Å². The second-order valence-electron chi connectivity index (χ2n) is 5.67. The molecule has 0 fully saturated rings. The van der Waals surface area contributed by atoms with Crippen LogP contribution in [0, 0.1) is 12.3 Å². The van der Waals surface area contributed by atoms with E-state index in [1.807, 2.05) is 53.9 Å². The standard InChI is InChI=1S/C20H15N3OS/c1-2-12-23-18(21-16-11-7-6-10-15(16)20(23)24)17-13-25-19(22-17)14-8-4-3-5-9-14/h1,3-11,13,18,21H,12H2. The van der Waals surface area contributed by atoms with Crippen molar-refractivity contribution in [2.24, 2.45) is 0 Å². The molecular weight excluding hydrogens is 330 g/mol. The first kappa shape index (κ1) is 15.4. The summed E-state index contributed by atoms with van der Waals surface area (Å²) >= 11 is 1.56. The first-order chi connectivity index (χ1) is 12.3. The van der Waals surface area contributed by atoms with E-state index in [1.54, 1.807) is 22.3 Å². The lowest BCUT2D eigenvalue weighted by Crippen LogP contribution is -2.43. The maximum absolute atomic E-state index is 12.8. The molecule has 3 aromatic rings. The number of carbonyl (C=O) groups is 1. The highest BCUT2D eigenvalue weighted by atomic mass is 32.1. The van der Waals surface area contributed by atoms with Gasteiger partial charge in [-0.25, -0.2) is 4.98 Å². The molecule has 2 heterocycles. The number of nitrogens with one attached hydrogen (secondary N) is 1. The number of nitrogens with zero attached hydrogens (tertiary/aromatic N) is 2. The van der Waals surface area contributed by atoms with Gasteiger partial charge >= 0.3 is 0 Å². The topological polar surface area (TPSA) is 45.2 Å². The van der Waals surface area contributed by atoms with Crippen LogP contribution >= 0.6 is 11.3 Å². The third-order valence-corrected chi connectivity index (χ3v) is 5.02. The maximum Gasteiger partial charge on any atom is 0.258 e. The third-order valence-electron chi connectivity index (χ3n) is 4.11. The van der Waals surface area contributed by atoms with E-state index in [4.69, 9.17) is 11.4 Å². The van der Waals surface area contributed by atoms with E-state index in [0.717, 1.165) is 22.0 Å². The van der Waals surface area contributed by atoms with Gasteiger partial charge in [-0.3, -0.25) is 4.79 Å². The molecule has 0 saturated heterocycles. The molecular formula is C20H15N3OS. The first-order valence-corrected chi connectivity index (χ1v) is 8.77. The highest BCUT2D eigenvalue weighted by molar-refractivity contribution is 7.13. The number of hydrogen-bond acceptors (Lipinski definition) is 4. The van der Waals surface area contributed by atoms with Crippen LogP contribution in [0.25, 0.3) is 10.6 Å². The van der Waals surface area contributed by atoms with E-state index >= 15 is 0 Å². The van der Waals surface area contributed by atoms with Crippen molar-refractivity contribution in [3.8, 4) is 22.9 Å².